The molecule has 1 aromatic carbocycles. The summed E-state index contributed by atoms with van der Waals surface area (Å²) in [5.74, 6) is -0.274. The van der Waals surface area contributed by atoms with Crippen LogP contribution in [0.15, 0.2) is 36.7 Å². The normalized spacial score (nSPS) is 10.2. The molecule has 1 N–H and O–H groups in total. The van der Waals surface area contributed by atoms with E-state index in [-0.39, 0.29) is 11.4 Å². The Morgan fingerprint density at radius 1 is 1.30 bits per heavy atom. The number of rotatable bonds is 4. The molecule has 5 nitrogen and oxygen atoms in total. The summed E-state index contributed by atoms with van der Waals surface area (Å²) in [6, 6.07) is 6.08. The first kappa shape index (κ1) is 13.9. The van der Waals surface area contributed by atoms with Crippen molar-refractivity contribution in [3.05, 3.63) is 48.2 Å². The van der Waals surface area contributed by atoms with Crippen LogP contribution in [0.1, 0.15) is 17.4 Å². The first-order chi connectivity index (χ1) is 9.63. The maximum absolute atomic E-state index is 13.6. The summed E-state index contributed by atoms with van der Waals surface area (Å²) in [5.41, 5.74) is 0.368. The zero-order valence-electron chi connectivity index (χ0n) is 11.3. The molecule has 1 aromatic heterocycles. The minimum atomic E-state index is -0.458. The van der Waals surface area contributed by atoms with Gasteiger partial charge in [-0.05, 0) is 19.1 Å². The number of halogens is 1. The van der Waals surface area contributed by atoms with Gasteiger partial charge >= 0.3 is 0 Å². The molecule has 0 radical (unpaired) electrons. The fraction of sp³-hybridized carbons (Fsp3) is 0.214. The second-order valence-corrected chi connectivity index (χ2v) is 4.13. The number of carbonyl (C=O) groups is 1. The van der Waals surface area contributed by atoms with E-state index in [9.17, 15) is 9.18 Å². The van der Waals surface area contributed by atoms with E-state index in [1.54, 1.807) is 12.1 Å². The predicted molar refractivity (Wildman–Crippen MR) is 75.3 cm³/mol. The van der Waals surface area contributed by atoms with Crippen LogP contribution in [0.3, 0.4) is 0 Å². The highest BCUT2D eigenvalue weighted by Gasteiger charge is 2.17. The summed E-state index contributed by atoms with van der Waals surface area (Å²) in [4.78, 5) is 21.5. The number of hydrogen-bond donors (Lipinski definition) is 1. The molecule has 0 aliphatic rings. The molecule has 0 bridgehead atoms. The molecule has 1 heterocycles. The molecular weight excluding hydrogens is 259 g/mol. The monoisotopic (exact) mass is 274 g/mol. The molecule has 0 spiro atoms. The standard InChI is InChI=1S/C14H15FN4O/c1-3-16-13-9-17-11(8-18-13)14(20)19(2)12-7-5-4-6-10(12)15/h4-9H,3H2,1-2H3,(H,16,18). The van der Waals surface area contributed by atoms with Crippen LogP contribution in [0.4, 0.5) is 15.9 Å². The molecular formula is C14H15FN4O. The second-order valence-electron chi connectivity index (χ2n) is 4.13. The fourth-order valence-corrected chi connectivity index (χ4v) is 1.72. The van der Waals surface area contributed by atoms with Crippen molar-refractivity contribution >= 4 is 17.4 Å². The first-order valence-corrected chi connectivity index (χ1v) is 6.22. The SMILES string of the molecule is CCNc1cnc(C(=O)N(C)c2ccccc2F)cn1. The molecule has 104 valence electrons. The third-order valence-corrected chi connectivity index (χ3v) is 2.75. The number of carbonyl (C=O) groups excluding carboxylic acids is 1. The van der Waals surface area contributed by atoms with Gasteiger partial charge in [-0.1, -0.05) is 12.1 Å². The van der Waals surface area contributed by atoms with E-state index in [2.05, 4.69) is 15.3 Å². The Kier molecular flexibility index (Phi) is 4.24. The van der Waals surface area contributed by atoms with Crippen LogP contribution in [0, 0.1) is 5.82 Å². The molecule has 0 saturated heterocycles. The molecule has 6 heteroatoms. The molecule has 2 rings (SSSR count). The number of para-hydroxylation sites is 1. The van der Waals surface area contributed by atoms with Crippen molar-refractivity contribution in [1.29, 1.82) is 0 Å². The van der Waals surface area contributed by atoms with Gasteiger partial charge in [0.1, 0.15) is 17.3 Å². The molecule has 0 unspecified atom stereocenters. The molecule has 1 amide bonds. The number of nitrogens with zero attached hydrogens (tertiary/aromatic N) is 3. The van der Waals surface area contributed by atoms with Gasteiger partial charge in [0, 0.05) is 13.6 Å². The maximum Gasteiger partial charge on any atom is 0.278 e. The lowest BCUT2D eigenvalue weighted by molar-refractivity contribution is 0.0987. The Morgan fingerprint density at radius 2 is 2.05 bits per heavy atom. The Hall–Kier alpha value is -2.50. The van der Waals surface area contributed by atoms with Crippen molar-refractivity contribution in [2.45, 2.75) is 6.92 Å². The van der Waals surface area contributed by atoms with Gasteiger partial charge in [-0.25, -0.2) is 14.4 Å². The van der Waals surface area contributed by atoms with Crippen molar-refractivity contribution in [3.63, 3.8) is 0 Å². The summed E-state index contributed by atoms with van der Waals surface area (Å²) < 4.78 is 13.6. The van der Waals surface area contributed by atoms with Crippen LogP contribution in [0.25, 0.3) is 0 Å². The van der Waals surface area contributed by atoms with Crippen LogP contribution in [-0.4, -0.2) is 29.5 Å². The average Bonchev–Trinajstić information content (AvgIpc) is 2.47. The molecule has 0 fully saturated rings. The van der Waals surface area contributed by atoms with Gasteiger partial charge in [-0.15, -0.1) is 0 Å². The van der Waals surface area contributed by atoms with Gasteiger partial charge in [0.25, 0.3) is 5.91 Å². The minimum Gasteiger partial charge on any atom is -0.369 e. The van der Waals surface area contributed by atoms with Gasteiger partial charge in [0.15, 0.2) is 0 Å². The third kappa shape index (κ3) is 2.90. The smallest absolute Gasteiger partial charge is 0.278 e. The van der Waals surface area contributed by atoms with E-state index in [4.69, 9.17) is 0 Å². The number of hydrogen-bond acceptors (Lipinski definition) is 4. The zero-order chi connectivity index (χ0) is 14.5. The predicted octanol–water partition coefficient (Wildman–Crippen LogP) is 2.32. The van der Waals surface area contributed by atoms with Gasteiger partial charge in [0.2, 0.25) is 0 Å². The number of nitrogens with one attached hydrogen (secondary N) is 1. The van der Waals surface area contributed by atoms with Crippen LogP contribution in [-0.2, 0) is 0 Å². The lowest BCUT2D eigenvalue weighted by Crippen LogP contribution is -2.28. The highest BCUT2D eigenvalue weighted by Crippen LogP contribution is 2.18. The van der Waals surface area contributed by atoms with E-state index in [1.165, 1.54) is 36.5 Å². The van der Waals surface area contributed by atoms with Crippen LogP contribution in [0.2, 0.25) is 0 Å². The quantitative estimate of drug-likeness (QED) is 0.929. The van der Waals surface area contributed by atoms with Gasteiger partial charge in [-0.2, -0.15) is 0 Å². The lowest BCUT2D eigenvalue weighted by Gasteiger charge is -2.17. The van der Waals surface area contributed by atoms with Crippen LogP contribution >= 0.6 is 0 Å². The van der Waals surface area contributed by atoms with E-state index in [1.807, 2.05) is 6.92 Å². The summed E-state index contributed by atoms with van der Waals surface area (Å²) >= 11 is 0. The molecule has 20 heavy (non-hydrogen) atoms. The fourth-order valence-electron chi connectivity index (χ4n) is 1.72. The minimum absolute atomic E-state index is 0.164. The van der Waals surface area contributed by atoms with Crippen molar-refractivity contribution in [1.82, 2.24) is 9.97 Å². The maximum atomic E-state index is 13.6. The molecule has 0 aliphatic carbocycles. The van der Waals surface area contributed by atoms with Crippen molar-refractivity contribution in [2.75, 3.05) is 23.8 Å². The van der Waals surface area contributed by atoms with Crippen LogP contribution < -0.4 is 10.2 Å². The Bertz CT molecular complexity index is 600. The van der Waals surface area contributed by atoms with E-state index < -0.39 is 11.7 Å². The van der Waals surface area contributed by atoms with Crippen molar-refractivity contribution < 1.29 is 9.18 Å². The summed E-state index contributed by atoms with van der Waals surface area (Å²) in [6.07, 6.45) is 2.85. The largest absolute Gasteiger partial charge is 0.369 e. The van der Waals surface area contributed by atoms with Gasteiger partial charge in [-0.3, -0.25) is 4.79 Å². The molecule has 0 saturated carbocycles. The van der Waals surface area contributed by atoms with E-state index in [0.29, 0.717) is 5.82 Å². The second kappa shape index (κ2) is 6.10. The summed E-state index contributed by atoms with van der Waals surface area (Å²) in [6.45, 7) is 2.66. The zero-order valence-corrected chi connectivity index (χ0v) is 11.3. The summed E-state index contributed by atoms with van der Waals surface area (Å²) in [5, 5.41) is 2.99. The lowest BCUT2D eigenvalue weighted by atomic mass is 10.2. The van der Waals surface area contributed by atoms with Gasteiger partial charge < -0.3 is 10.2 Å². The summed E-state index contributed by atoms with van der Waals surface area (Å²) in [7, 11) is 1.50. The molecule has 0 aliphatic heterocycles. The number of benzene rings is 1. The van der Waals surface area contributed by atoms with E-state index in [0.717, 1.165) is 6.54 Å². The number of amides is 1. The Balaban J connectivity index is 2.20. The van der Waals surface area contributed by atoms with Crippen LogP contribution in [0.5, 0.6) is 0 Å². The Labute approximate surface area is 116 Å². The van der Waals surface area contributed by atoms with Crippen molar-refractivity contribution in [3.8, 4) is 0 Å². The number of anilines is 2. The molecule has 0 atom stereocenters. The van der Waals surface area contributed by atoms with Crippen molar-refractivity contribution in [2.24, 2.45) is 0 Å². The topological polar surface area (TPSA) is 58.1 Å². The average molecular weight is 274 g/mol. The highest BCUT2D eigenvalue weighted by atomic mass is 19.1. The third-order valence-electron chi connectivity index (χ3n) is 2.75. The Morgan fingerprint density at radius 3 is 2.65 bits per heavy atom. The van der Waals surface area contributed by atoms with E-state index >= 15 is 0 Å². The molecule has 2 aromatic rings. The highest BCUT2D eigenvalue weighted by molar-refractivity contribution is 6.04. The number of aromatic nitrogens is 2. The van der Waals surface area contributed by atoms with Gasteiger partial charge in [0.05, 0.1) is 18.1 Å². The first-order valence-electron chi connectivity index (χ1n) is 6.22.